The molecule has 1 aromatic carbocycles. The number of benzene rings is 1. The number of aryl methyl sites for hydroxylation is 1. The Morgan fingerprint density at radius 1 is 1.33 bits per heavy atom. The first-order valence-electron chi connectivity index (χ1n) is 6.84. The lowest BCUT2D eigenvalue weighted by atomic mass is 10.2. The van der Waals surface area contributed by atoms with Crippen LogP contribution in [-0.2, 0) is 18.4 Å². The van der Waals surface area contributed by atoms with E-state index >= 15 is 0 Å². The normalized spacial score (nSPS) is 10.4. The Balaban J connectivity index is 2.01. The second-order valence-corrected chi connectivity index (χ2v) is 5.09. The molecule has 2 aromatic rings. The Labute approximate surface area is 124 Å². The van der Waals surface area contributed by atoms with Crippen molar-refractivity contribution in [1.82, 2.24) is 4.57 Å². The highest BCUT2D eigenvalue weighted by molar-refractivity contribution is 5.75. The zero-order chi connectivity index (χ0) is 15.4. The zero-order valence-corrected chi connectivity index (χ0v) is 12.6. The number of amides is 1. The largest absolute Gasteiger partial charge is 0.484 e. The Kier molecular flexibility index (Phi) is 4.52. The van der Waals surface area contributed by atoms with Gasteiger partial charge in [-0.3, -0.25) is 4.79 Å². The molecule has 112 valence electrons. The monoisotopic (exact) mass is 287 g/mol. The number of nitrogens with two attached hydrogens (primary N) is 1. The molecule has 21 heavy (non-hydrogen) atoms. The first kappa shape index (κ1) is 15.0. The molecule has 1 heterocycles. The van der Waals surface area contributed by atoms with Crippen molar-refractivity contribution in [1.29, 1.82) is 0 Å². The molecule has 0 aliphatic rings. The maximum Gasteiger partial charge on any atom is 0.255 e. The van der Waals surface area contributed by atoms with Gasteiger partial charge in [-0.15, -0.1) is 0 Å². The van der Waals surface area contributed by atoms with Crippen LogP contribution < -0.4 is 15.8 Å². The number of nitrogens with zero attached hydrogens (tertiary/aromatic N) is 1. The molecule has 0 atom stereocenters. The molecule has 0 fully saturated rings. The molecule has 0 saturated heterocycles. The van der Waals surface area contributed by atoms with Gasteiger partial charge in [0.15, 0.2) is 6.61 Å². The molecule has 0 spiro atoms. The second-order valence-electron chi connectivity index (χ2n) is 5.09. The molecule has 5 heteroatoms. The van der Waals surface area contributed by atoms with E-state index in [1.807, 2.05) is 18.2 Å². The summed E-state index contributed by atoms with van der Waals surface area (Å²) in [7, 11) is 2.06. The number of primary amides is 1. The quantitative estimate of drug-likeness (QED) is 0.855. The van der Waals surface area contributed by atoms with Crippen LogP contribution in [-0.4, -0.2) is 17.1 Å². The number of hydrogen-bond donors (Lipinski definition) is 2. The number of carbonyl (C=O) groups excluding carboxylic acids is 1. The van der Waals surface area contributed by atoms with E-state index in [1.54, 1.807) is 6.07 Å². The number of rotatable bonds is 6. The number of hydrogen-bond acceptors (Lipinski definition) is 3. The number of ether oxygens (including phenoxy) is 1. The van der Waals surface area contributed by atoms with Gasteiger partial charge in [-0.2, -0.15) is 0 Å². The lowest BCUT2D eigenvalue weighted by Crippen LogP contribution is -2.20. The Hall–Kier alpha value is -2.43. The molecule has 2 rings (SSSR count). The van der Waals surface area contributed by atoms with E-state index in [2.05, 4.69) is 36.8 Å². The van der Waals surface area contributed by atoms with Crippen LogP contribution in [0.15, 0.2) is 30.3 Å². The molecular formula is C16H21N3O2. The van der Waals surface area contributed by atoms with Crippen LogP contribution in [0.1, 0.15) is 17.0 Å². The molecule has 0 radical (unpaired) electrons. The summed E-state index contributed by atoms with van der Waals surface area (Å²) in [5.41, 5.74) is 9.76. The van der Waals surface area contributed by atoms with Crippen molar-refractivity contribution >= 4 is 11.6 Å². The van der Waals surface area contributed by atoms with E-state index in [-0.39, 0.29) is 6.61 Å². The fourth-order valence-corrected chi connectivity index (χ4v) is 2.16. The molecule has 3 N–H and O–H groups in total. The van der Waals surface area contributed by atoms with E-state index in [9.17, 15) is 4.79 Å². The summed E-state index contributed by atoms with van der Waals surface area (Å²) in [6.45, 7) is 4.83. The number of aromatic nitrogens is 1. The smallest absolute Gasteiger partial charge is 0.255 e. The minimum absolute atomic E-state index is 0.111. The maximum atomic E-state index is 10.7. The van der Waals surface area contributed by atoms with Gasteiger partial charge in [0.05, 0.1) is 0 Å². The lowest BCUT2D eigenvalue weighted by molar-refractivity contribution is -0.119. The third-order valence-corrected chi connectivity index (χ3v) is 3.58. The number of carbonyl (C=O) groups is 1. The highest BCUT2D eigenvalue weighted by Gasteiger charge is 2.06. The first-order valence-corrected chi connectivity index (χ1v) is 6.84. The summed E-state index contributed by atoms with van der Waals surface area (Å²) in [6.07, 6.45) is 0. The maximum absolute atomic E-state index is 10.7. The minimum Gasteiger partial charge on any atom is -0.484 e. The van der Waals surface area contributed by atoms with Gasteiger partial charge in [0.2, 0.25) is 0 Å². The van der Waals surface area contributed by atoms with E-state index in [0.29, 0.717) is 5.75 Å². The summed E-state index contributed by atoms with van der Waals surface area (Å²) in [5, 5.41) is 3.36. The van der Waals surface area contributed by atoms with Crippen molar-refractivity contribution in [2.45, 2.75) is 20.4 Å². The number of nitrogens with one attached hydrogen (secondary N) is 1. The average Bonchev–Trinajstić information content (AvgIpc) is 2.71. The van der Waals surface area contributed by atoms with Gasteiger partial charge in [-0.1, -0.05) is 6.07 Å². The van der Waals surface area contributed by atoms with Crippen molar-refractivity contribution in [3.05, 3.63) is 47.3 Å². The fraction of sp³-hybridized carbons (Fsp3) is 0.312. The lowest BCUT2D eigenvalue weighted by Gasteiger charge is -2.09. The Morgan fingerprint density at radius 2 is 2.10 bits per heavy atom. The SMILES string of the molecule is Cc1cc(CNc2cccc(OCC(N)=O)c2)c(C)n1C. The summed E-state index contributed by atoms with van der Waals surface area (Å²) < 4.78 is 7.46. The third kappa shape index (κ3) is 3.78. The van der Waals surface area contributed by atoms with E-state index < -0.39 is 5.91 Å². The summed E-state index contributed by atoms with van der Waals surface area (Å²) >= 11 is 0. The molecule has 0 saturated carbocycles. The first-order chi connectivity index (χ1) is 9.97. The zero-order valence-electron chi connectivity index (χ0n) is 12.6. The summed E-state index contributed by atoms with van der Waals surface area (Å²) in [4.78, 5) is 10.7. The van der Waals surface area contributed by atoms with E-state index in [0.717, 1.165) is 12.2 Å². The van der Waals surface area contributed by atoms with Crippen LogP contribution in [0.5, 0.6) is 5.75 Å². The van der Waals surface area contributed by atoms with Crippen LogP contribution in [0.4, 0.5) is 5.69 Å². The predicted octanol–water partition coefficient (Wildman–Crippen LogP) is 2.12. The fourth-order valence-electron chi connectivity index (χ4n) is 2.16. The van der Waals surface area contributed by atoms with Crippen molar-refractivity contribution < 1.29 is 9.53 Å². The highest BCUT2D eigenvalue weighted by atomic mass is 16.5. The summed E-state index contributed by atoms with van der Waals surface area (Å²) in [5.74, 6) is 0.142. The van der Waals surface area contributed by atoms with Crippen molar-refractivity contribution in [3.8, 4) is 5.75 Å². The van der Waals surface area contributed by atoms with Gasteiger partial charge in [0.25, 0.3) is 5.91 Å². The van der Waals surface area contributed by atoms with Gasteiger partial charge in [0.1, 0.15) is 5.75 Å². The van der Waals surface area contributed by atoms with Crippen molar-refractivity contribution in [2.24, 2.45) is 12.8 Å². The van der Waals surface area contributed by atoms with E-state index in [4.69, 9.17) is 10.5 Å². The molecule has 1 amide bonds. The van der Waals surface area contributed by atoms with Gasteiger partial charge >= 0.3 is 0 Å². The molecule has 0 aliphatic carbocycles. The summed E-state index contributed by atoms with van der Waals surface area (Å²) in [6, 6.07) is 9.67. The number of anilines is 1. The second kappa shape index (κ2) is 6.35. The van der Waals surface area contributed by atoms with Gasteiger partial charge in [0, 0.05) is 36.7 Å². The van der Waals surface area contributed by atoms with Crippen LogP contribution >= 0.6 is 0 Å². The minimum atomic E-state index is -0.483. The molecular weight excluding hydrogens is 266 g/mol. The molecule has 1 aromatic heterocycles. The highest BCUT2D eigenvalue weighted by Crippen LogP contribution is 2.19. The third-order valence-electron chi connectivity index (χ3n) is 3.58. The van der Waals surface area contributed by atoms with E-state index in [1.165, 1.54) is 17.0 Å². The Morgan fingerprint density at radius 3 is 2.71 bits per heavy atom. The van der Waals surface area contributed by atoms with Crippen LogP contribution in [0.25, 0.3) is 0 Å². The van der Waals surface area contributed by atoms with Crippen LogP contribution in [0.3, 0.4) is 0 Å². The molecule has 5 nitrogen and oxygen atoms in total. The van der Waals surface area contributed by atoms with Crippen LogP contribution in [0.2, 0.25) is 0 Å². The van der Waals surface area contributed by atoms with Gasteiger partial charge < -0.3 is 20.4 Å². The van der Waals surface area contributed by atoms with Crippen molar-refractivity contribution in [3.63, 3.8) is 0 Å². The Bertz CT molecular complexity index is 647. The molecule has 0 bridgehead atoms. The van der Waals surface area contributed by atoms with Gasteiger partial charge in [-0.25, -0.2) is 0 Å². The predicted molar refractivity (Wildman–Crippen MR) is 83.3 cm³/mol. The topological polar surface area (TPSA) is 69.3 Å². The molecule has 0 aliphatic heterocycles. The average molecular weight is 287 g/mol. The standard InChI is InChI=1S/C16H21N3O2/c1-11-7-13(12(2)19(11)3)9-18-14-5-4-6-15(8-14)21-10-16(17)20/h4-8,18H,9-10H2,1-3H3,(H2,17,20). The molecule has 0 unspecified atom stereocenters. The van der Waals surface area contributed by atoms with Crippen molar-refractivity contribution in [2.75, 3.05) is 11.9 Å². The van der Waals surface area contributed by atoms with Crippen LogP contribution in [0, 0.1) is 13.8 Å². The van der Waals surface area contributed by atoms with Gasteiger partial charge in [-0.05, 0) is 37.6 Å².